The molecule has 3 rings (SSSR count). The lowest BCUT2D eigenvalue weighted by Gasteiger charge is -2.06. The van der Waals surface area contributed by atoms with Gasteiger partial charge in [0, 0.05) is 24.7 Å². The molecule has 0 fully saturated rings. The zero-order chi connectivity index (χ0) is 11.5. The van der Waals surface area contributed by atoms with Crippen molar-refractivity contribution in [2.24, 2.45) is 0 Å². The van der Waals surface area contributed by atoms with Crippen molar-refractivity contribution in [3.05, 3.63) is 41.8 Å². The lowest BCUT2D eigenvalue weighted by molar-refractivity contribution is 0.173. The maximum absolute atomic E-state index is 5.42. The van der Waals surface area contributed by atoms with Crippen LogP contribution < -0.4 is 14.8 Å². The van der Waals surface area contributed by atoms with Crippen molar-refractivity contribution in [1.82, 2.24) is 10.5 Å². The van der Waals surface area contributed by atoms with Crippen molar-refractivity contribution < 1.29 is 14.0 Å². The fourth-order valence-corrected chi connectivity index (χ4v) is 1.78. The first kappa shape index (κ1) is 10.2. The second kappa shape index (κ2) is 4.47. The van der Waals surface area contributed by atoms with Crippen LogP contribution in [0.4, 0.5) is 0 Å². The summed E-state index contributed by atoms with van der Waals surface area (Å²) in [5.74, 6) is 1.64. The number of rotatable bonds is 4. The SMILES string of the molecule is c1cc(CNCc2ccon2)c2c(c1)OCO2. The second-order valence-electron chi connectivity index (χ2n) is 3.75. The fourth-order valence-electron chi connectivity index (χ4n) is 1.78. The number of aromatic nitrogens is 1. The van der Waals surface area contributed by atoms with E-state index in [9.17, 15) is 0 Å². The Hall–Kier alpha value is -2.01. The number of para-hydroxylation sites is 1. The smallest absolute Gasteiger partial charge is 0.231 e. The number of fused-ring (bicyclic) bond motifs is 1. The van der Waals surface area contributed by atoms with Gasteiger partial charge < -0.3 is 19.3 Å². The molecule has 0 amide bonds. The van der Waals surface area contributed by atoms with Gasteiger partial charge >= 0.3 is 0 Å². The van der Waals surface area contributed by atoms with E-state index >= 15 is 0 Å². The summed E-state index contributed by atoms with van der Waals surface area (Å²) >= 11 is 0. The van der Waals surface area contributed by atoms with Gasteiger partial charge in [-0.15, -0.1) is 0 Å². The van der Waals surface area contributed by atoms with Crippen molar-refractivity contribution in [1.29, 1.82) is 0 Å². The van der Waals surface area contributed by atoms with Gasteiger partial charge in [-0.05, 0) is 6.07 Å². The largest absolute Gasteiger partial charge is 0.454 e. The van der Waals surface area contributed by atoms with E-state index in [1.807, 2.05) is 24.3 Å². The Kier molecular flexibility index (Phi) is 2.67. The van der Waals surface area contributed by atoms with Crippen molar-refractivity contribution in [3.8, 4) is 11.5 Å². The summed E-state index contributed by atoms with van der Waals surface area (Å²) in [6.45, 7) is 1.68. The normalized spacial score (nSPS) is 12.9. The van der Waals surface area contributed by atoms with Gasteiger partial charge in [0.15, 0.2) is 11.5 Å². The minimum Gasteiger partial charge on any atom is -0.454 e. The predicted molar refractivity (Wildman–Crippen MR) is 59.6 cm³/mol. The quantitative estimate of drug-likeness (QED) is 0.869. The first-order valence-corrected chi connectivity index (χ1v) is 5.41. The Morgan fingerprint density at radius 1 is 1.18 bits per heavy atom. The number of nitrogens with one attached hydrogen (secondary N) is 1. The van der Waals surface area contributed by atoms with E-state index in [4.69, 9.17) is 14.0 Å². The summed E-state index contributed by atoms with van der Waals surface area (Å²) in [5.41, 5.74) is 1.97. The zero-order valence-electron chi connectivity index (χ0n) is 9.18. The summed E-state index contributed by atoms with van der Waals surface area (Å²) in [6, 6.07) is 7.72. The molecule has 2 heterocycles. The molecule has 0 aliphatic carbocycles. The van der Waals surface area contributed by atoms with Gasteiger partial charge in [-0.25, -0.2) is 0 Å². The van der Waals surface area contributed by atoms with Crippen LogP contribution in [-0.2, 0) is 13.1 Å². The van der Waals surface area contributed by atoms with E-state index in [1.54, 1.807) is 6.26 Å². The molecule has 0 unspecified atom stereocenters. The van der Waals surface area contributed by atoms with E-state index in [0.29, 0.717) is 19.9 Å². The van der Waals surface area contributed by atoms with Crippen molar-refractivity contribution in [2.45, 2.75) is 13.1 Å². The van der Waals surface area contributed by atoms with Gasteiger partial charge in [0.1, 0.15) is 6.26 Å². The molecule has 17 heavy (non-hydrogen) atoms. The van der Waals surface area contributed by atoms with E-state index in [1.165, 1.54) is 0 Å². The maximum atomic E-state index is 5.42. The molecule has 0 spiro atoms. The second-order valence-corrected chi connectivity index (χ2v) is 3.75. The molecule has 5 heteroatoms. The van der Waals surface area contributed by atoms with Crippen molar-refractivity contribution >= 4 is 0 Å². The number of hydrogen-bond acceptors (Lipinski definition) is 5. The highest BCUT2D eigenvalue weighted by atomic mass is 16.7. The first-order chi connectivity index (χ1) is 8.43. The lowest BCUT2D eigenvalue weighted by Crippen LogP contribution is -2.13. The molecule has 88 valence electrons. The first-order valence-electron chi connectivity index (χ1n) is 5.41. The molecule has 2 aromatic rings. The third-order valence-corrected chi connectivity index (χ3v) is 2.59. The van der Waals surface area contributed by atoms with Gasteiger partial charge in [0.05, 0.1) is 5.69 Å². The van der Waals surface area contributed by atoms with E-state index in [-0.39, 0.29) is 0 Å². The molecule has 0 saturated carbocycles. The Morgan fingerprint density at radius 2 is 2.18 bits per heavy atom. The summed E-state index contributed by atoms with van der Waals surface area (Å²) in [4.78, 5) is 0. The van der Waals surface area contributed by atoms with Crippen LogP contribution in [0, 0.1) is 0 Å². The van der Waals surface area contributed by atoms with Crippen LogP contribution in [-0.4, -0.2) is 11.9 Å². The van der Waals surface area contributed by atoms with E-state index in [0.717, 1.165) is 22.8 Å². The Balaban J connectivity index is 1.64. The number of nitrogens with zero attached hydrogens (tertiary/aromatic N) is 1. The molecule has 0 saturated heterocycles. The van der Waals surface area contributed by atoms with Gasteiger partial charge in [0.2, 0.25) is 6.79 Å². The fraction of sp³-hybridized carbons (Fsp3) is 0.250. The Labute approximate surface area is 98.3 Å². The number of hydrogen-bond donors (Lipinski definition) is 1. The van der Waals surface area contributed by atoms with Crippen LogP contribution in [0.25, 0.3) is 0 Å². The van der Waals surface area contributed by atoms with E-state index in [2.05, 4.69) is 10.5 Å². The van der Waals surface area contributed by atoms with Gasteiger partial charge in [-0.1, -0.05) is 17.3 Å². The molecular formula is C12H12N2O3. The van der Waals surface area contributed by atoms with Gasteiger partial charge in [-0.3, -0.25) is 0 Å². The molecule has 1 aromatic heterocycles. The summed E-state index contributed by atoms with van der Waals surface area (Å²) in [5, 5.41) is 7.10. The molecule has 1 aromatic carbocycles. The minimum absolute atomic E-state index is 0.301. The molecule has 1 aliphatic heterocycles. The molecule has 0 radical (unpaired) electrons. The third kappa shape index (κ3) is 2.09. The summed E-state index contributed by atoms with van der Waals surface area (Å²) < 4.78 is 15.5. The number of ether oxygens (including phenoxy) is 2. The molecule has 0 bridgehead atoms. The number of benzene rings is 1. The van der Waals surface area contributed by atoms with Gasteiger partial charge in [0.25, 0.3) is 0 Å². The monoisotopic (exact) mass is 232 g/mol. The Morgan fingerprint density at radius 3 is 3.06 bits per heavy atom. The predicted octanol–water partition coefficient (Wildman–Crippen LogP) is 1.69. The van der Waals surface area contributed by atoms with Crippen LogP contribution in [0.5, 0.6) is 11.5 Å². The maximum Gasteiger partial charge on any atom is 0.231 e. The average Bonchev–Trinajstić information content (AvgIpc) is 2.99. The van der Waals surface area contributed by atoms with Gasteiger partial charge in [-0.2, -0.15) is 0 Å². The van der Waals surface area contributed by atoms with Crippen LogP contribution in [0.3, 0.4) is 0 Å². The lowest BCUT2D eigenvalue weighted by atomic mass is 10.2. The molecule has 1 N–H and O–H groups in total. The summed E-state index contributed by atoms with van der Waals surface area (Å²) in [7, 11) is 0. The minimum atomic E-state index is 0.301. The Bertz CT molecular complexity index is 496. The highest BCUT2D eigenvalue weighted by Crippen LogP contribution is 2.35. The summed E-state index contributed by atoms with van der Waals surface area (Å²) in [6.07, 6.45) is 1.56. The topological polar surface area (TPSA) is 56.5 Å². The van der Waals surface area contributed by atoms with Crippen LogP contribution in [0.1, 0.15) is 11.3 Å². The standard InChI is InChI=1S/C12H12N2O3/c1-2-9(12-11(3-1)15-8-16-12)6-13-7-10-4-5-17-14-10/h1-5,13H,6-8H2. The third-order valence-electron chi connectivity index (χ3n) is 2.59. The van der Waals surface area contributed by atoms with Crippen LogP contribution in [0.15, 0.2) is 35.1 Å². The van der Waals surface area contributed by atoms with Crippen LogP contribution >= 0.6 is 0 Å². The molecule has 1 aliphatic rings. The van der Waals surface area contributed by atoms with Crippen molar-refractivity contribution in [3.63, 3.8) is 0 Å². The molecule has 5 nitrogen and oxygen atoms in total. The average molecular weight is 232 g/mol. The zero-order valence-corrected chi connectivity index (χ0v) is 9.18. The van der Waals surface area contributed by atoms with Crippen molar-refractivity contribution in [2.75, 3.05) is 6.79 Å². The molecule has 0 atom stereocenters. The van der Waals surface area contributed by atoms with E-state index < -0.39 is 0 Å². The highest BCUT2D eigenvalue weighted by Gasteiger charge is 2.16. The highest BCUT2D eigenvalue weighted by molar-refractivity contribution is 5.48. The van der Waals surface area contributed by atoms with Crippen LogP contribution in [0.2, 0.25) is 0 Å². The molecular weight excluding hydrogens is 220 g/mol.